The van der Waals surface area contributed by atoms with Crippen molar-refractivity contribution in [1.82, 2.24) is 0 Å². The zero-order valence-corrected chi connectivity index (χ0v) is 17.6. The quantitative estimate of drug-likeness (QED) is 0.568. The van der Waals surface area contributed by atoms with E-state index in [0.29, 0.717) is 0 Å². The predicted molar refractivity (Wildman–Crippen MR) is 113 cm³/mol. The van der Waals surface area contributed by atoms with E-state index in [2.05, 4.69) is 116 Å². The highest BCUT2D eigenvalue weighted by atomic mass is 79.9. The zero-order valence-electron chi connectivity index (χ0n) is 14.9. The number of hydrogen-bond acceptors (Lipinski definition) is 1. The molecule has 0 fully saturated rings. The van der Waals surface area contributed by atoms with Crippen LogP contribution in [0.25, 0.3) is 0 Å². The summed E-state index contributed by atoms with van der Waals surface area (Å²) in [6.45, 7) is 6.68. The summed E-state index contributed by atoms with van der Waals surface area (Å²) in [4.78, 5) is 0. The van der Waals surface area contributed by atoms with Crippen molar-refractivity contribution >= 4 is 35.3 Å². The first-order valence-corrected chi connectivity index (χ1v) is 10.9. The molecule has 0 radical (unpaired) electrons. The van der Waals surface area contributed by atoms with Crippen LogP contribution in [0.3, 0.4) is 0 Å². The fraction of sp³-hybridized carbons (Fsp3) is 0.182. The number of halogens is 1. The molecule has 0 amide bonds. The van der Waals surface area contributed by atoms with Crippen molar-refractivity contribution in [1.29, 1.82) is 0 Å². The van der Waals surface area contributed by atoms with Gasteiger partial charge in [0.05, 0.1) is 4.47 Å². The highest BCUT2D eigenvalue weighted by Crippen LogP contribution is 2.37. The molecule has 0 aliphatic rings. The Balaban J connectivity index is 2.09. The van der Waals surface area contributed by atoms with Gasteiger partial charge in [-0.15, -0.1) is 0 Å². The molecule has 0 saturated heterocycles. The van der Waals surface area contributed by atoms with Crippen LogP contribution in [0.5, 0.6) is 5.75 Å². The van der Waals surface area contributed by atoms with Gasteiger partial charge in [0.1, 0.15) is 5.75 Å². The maximum absolute atomic E-state index is 6.77. The number of rotatable bonds is 4. The summed E-state index contributed by atoms with van der Waals surface area (Å²) in [5.41, 5.74) is 1.25. The van der Waals surface area contributed by atoms with Crippen LogP contribution in [0.15, 0.2) is 83.3 Å². The Hall–Kier alpha value is -1.84. The van der Waals surface area contributed by atoms with E-state index in [1.165, 1.54) is 15.9 Å². The van der Waals surface area contributed by atoms with Gasteiger partial charge in [-0.25, -0.2) is 0 Å². The molecule has 0 aliphatic heterocycles. The van der Waals surface area contributed by atoms with Gasteiger partial charge < -0.3 is 4.43 Å². The molecular formula is C22H23BrOSi. The lowest BCUT2D eigenvalue weighted by Gasteiger charge is -2.27. The maximum Gasteiger partial charge on any atom is 0.299 e. The molecule has 1 nitrogen and oxygen atoms in total. The van der Waals surface area contributed by atoms with Crippen LogP contribution < -0.4 is 14.8 Å². The molecular weight excluding hydrogens is 388 g/mol. The van der Waals surface area contributed by atoms with Crippen LogP contribution in [0.1, 0.15) is 26.3 Å². The molecule has 0 bridgehead atoms. The number of para-hydroxylation sites is 1. The lowest BCUT2D eigenvalue weighted by atomic mass is 9.86. The Morgan fingerprint density at radius 3 is 1.72 bits per heavy atom. The Kier molecular flexibility index (Phi) is 5.45. The average Bonchev–Trinajstić information content (AvgIpc) is 2.61. The fourth-order valence-electron chi connectivity index (χ4n) is 2.92. The Bertz CT molecular complexity index is 786. The van der Waals surface area contributed by atoms with Gasteiger partial charge >= 0.3 is 0 Å². The third-order valence-corrected chi connectivity index (χ3v) is 7.29. The molecule has 3 heteroatoms. The molecule has 3 aromatic rings. The van der Waals surface area contributed by atoms with E-state index >= 15 is 0 Å². The minimum absolute atomic E-state index is 0.0193. The molecule has 3 aromatic carbocycles. The van der Waals surface area contributed by atoms with Crippen molar-refractivity contribution in [2.24, 2.45) is 0 Å². The lowest BCUT2D eigenvalue weighted by molar-refractivity contribution is 0.523. The van der Waals surface area contributed by atoms with E-state index in [1.54, 1.807) is 0 Å². The first-order valence-electron chi connectivity index (χ1n) is 8.52. The third-order valence-electron chi connectivity index (χ3n) is 4.22. The van der Waals surface area contributed by atoms with Gasteiger partial charge in [0, 0.05) is 0 Å². The standard InChI is InChI=1S/C22H23BrOSi/c1-22(2,3)19-15-10-16-20(23)21(19)24-25(17-11-6-4-7-12-17)18-13-8-5-9-14-18/h4-16,25H,1-3H3. The van der Waals surface area contributed by atoms with Gasteiger partial charge in [-0.3, -0.25) is 0 Å². The van der Waals surface area contributed by atoms with Crippen LogP contribution in [0, 0.1) is 0 Å². The molecule has 0 heterocycles. The zero-order chi connectivity index (χ0) is 17.9. The SMILES string of the molecule is CC(C)(C)c1cccc(Br)c1O[SiH](c1ccccc1)c1ccccc1. The first-order chi connectivity index (χ1) is 12.0. The molecule has 3 rings (SSSR count). The Labute approximate surface area is 160 Å². The number of benzene rings is 3. The molecule has 25 heavy (non-hydrogen) atoms. The van der Waals surface area contributed by atoms with E-state index in [-0.39, 0.29) is 5.41 Å². The van der Waals surface area contributed by atoms with E-state index in [4.69, 9.17) is 4.43 Å². The fourth-order valence-corrected chi connectivity index (χ4v) is 5.84. The molecule has 0 saturated carbocycles. The van der Waals surface area contributed by atoms with Crippen molar-refractivity contribution < 1.29 is 4.43 Å². The topological polar surface area (TPSA) is 9.23 Å². The van der Waals surface area contributed by atoms with Gasteiger partial charge in [0.15, 0.2) is 0 Å². The first kappa shape index (κ1) is 18.0. The van der Waals surface area contributed by atoms with Crippen LogP contribution in [-0.4, -0.2) is 9.04 Å². The van der Waals surface area contributed by atoms with Crippen LogP contribution >= 0.6 is 15.9 Å². The molecule has 0 spiro atoms. The second-order valence-corrected chi connectivity index (χ2v) is 10.4. The summed E-state index contributed by atoms with van der Waals surface area (Å²) in [5, 5.41) is 2.56. The highest BCUT2D eigenvalue weighted by molar-refractivity contribution is 9.10. The second-order valence-electron chi connectivity index (χ2n) is 7.19. The van der Waals surface area contributed by atoms with Crippen molar-refractivity contribution in [3.8, 4) is 5.75 Å². The van der Waals surface area contributed by atoms with Gasteiger partial charge in [-0.2, -0.15) is 0 Å². The smallest absolute Gasteiger partial charge is 0.299 e. The summed E-state index contributed by atoms with van der Waals surface area (Å²) >= 11 is 3.71. The van der Waals surface area contributed by atoms with Crippen molar-refractivity contribution in [2.75, 3.05) is 0 Å². The molecule has 0 aliphatic carbocycles. The van der Waals surface area contributed by atoms with E-state index < -0.39 is 9.04 Å². The molecule has 0 N–H and O–H groups in total. The Morgan fingerprint density at radius 1 is 0.720 bits per heavy atom. The summed E-state index contributed by atoms with van der Waals surface area (Å²) in [6.07, 6.45) is 0. The third kappa shape index (κ3) is 4.23. The van der Waals surface area contributed by atoms with Crippen molar-refractivity contribution in [3.63, 3.8) is 0 Å². The van der Waals surface area contributed by atoms with Gasteiger partial charge in [-0.1, -0.05) is 93.6 Å². The lowest BCUT2D eigenvalue weighted by Crippen LogP contribution is -2.47. The average molecular weight is 411 g/mol. The monoisotopic (exact) mass is 410 g/mol. The molecule has 0 aromatic heterocycles. The highest BCUT2D eigenvalue weighted by Gasteiger charge is 2.25. The summed E-state index contributed by atoms with van der Waals surface area (Å²) in [6, 6.07) is 27.5. The molecule has 0 atom stereocenters. The van der Waals surface area contributed by atoms with Gasteiger partial charge in [-0.05, 0) is 43.3 Å². The van der Waals surface area contributed by atoms with Crippen LogP contribution in [0.4, 0.5) is 0 Å². The van der Waals surface area contributed by atoms with Crippen molar-refractivity contribution in [2.45, 2.75) is 26.2 Å². The maximum atomic E-state index is 6.77. The summed E-state index contributed by atoms with van der Waals surface area (Å²) < 4.78 is 7.78. The minimum Gasteiger partial charge on any atom is -0.536 e. The Morgan fingerprint density at radius 2 is 1.24 bits per heavy atom. The van der Waals surface area contributed by atoms with Crippen LogP contribution in [0.2, 0.25) is 0 Å². The second kappa shape index (κ2) is 7.59. The minimum atomic E-state index is -1.84. The largest absolute Gasteiger partial charge is 0.536 e. The normalized spacial score (nSPS) is 11.6. The van der Waals surface area contributed by atoms with Gasteiger partial charge in [0.2, 0.25) is 0 Å². The molecule has 128 valence electrons. The van der Waals surface area contributed by atoms with E-state index in [1.807, 2.05) is 0 Å². The predicted octanol–water partition coefficient (Wildman–Crippen LogP) is 4.66. The van der Waals surface area contributed by atoms with Gasteiger partial charge in [0.25, 0.3) is 9.04 Å². The number of hydrogen-bond donors (Lipinski definition) is 0. The van der Waals surface area contributed by atoms with E-state index in [0.717, 1.165) is 10.2 Å². The summed E-state index contributed by atoms with van der Waals surface area (Å²) in [5.74, 6) is 0.972. The summed E-state index contributed by atoms with van der Waals surface area (Å²) in [7, 11) is -1.84. The van der Waals surface area contributed by atoms with Crippen LogP contribution in [-0.2, 0) is 5.41 Å². The van der Waals surface area contributed by atoms with Crippen molar-refractivity contribution in [3.05, 3.63) is 88.9 Å². The van der Waals surface area contributed by atoms with E-state index in [9.17, 15) is 0 Å². The molecule has 0 unspecified atom stereocenters.